The number of urea groups is 1. The number of nitrogens with two attached hydrogens (primary N) is 1. The molecule has 6 nitrogen and oxygen atoms in total. The molecule has 1 aliphatic carbocycles. The van der Waals surface area contributed by atoms with Crippen molar-refractivity contribution in [3.63, 3.8) is 0 Å². The van der Waals surface area contributed by atoms with Gasteiger partial charge in [0.2, 0.25) is 0 Å². The minimum absolute atomic E-state index is 0.0144. The highest BCUT2D eigenvalue weighted by Crippen LogP contribution is 2.30. The van der Waals surface area contributed by atoms with Crippen LogP contribution in [0.5, 0.6) is 0 Å². The van der Waals surface area contributed by atoms with E-state index < -0.39 is 12.0 Å². The molecule has 0 saturated heterocycles. The van der Waals surface area contributed by atoms with Crippen LogP contribution in [0.3, 0.4) is 0 Å². The zero-order valence-electron chi connectivity index (χ0n) is 11.4. The predicted octanol–water partition coefficient (Wildman–Crippen LogP) is 0.473. The standard InChI is InChI=1S/C14H19N3O3/c1-20-13(18)11(15)8-16-14(19)17-12-7-6-9-4-2-3-5-10(9)12/h2-5,11-12H,6-8,15H2,1H3,(H2,16,17,19)/t11-,12?/m0/s1. The first kappa shape index (κ1) is 14.3. The van der Waals surface area contributed by atoms with Gasteiger partial charge in [-0.2, -0.15) is 0 Å². The van der Waals surface area contributed by atoms with Crippen LogP contribution in [-0.4, -0.2) is 31.7 Å². The van der Waals surface area contributed by atoms with E-state index in [2.05, 4.69) is 21.4 Å². The summed E-state index contributed by atoms with van der Waals surface area (Å²) in [5.41, 5.74) is 7.96. The quantitative estimate of drug-likeness (QED) is 0.698. The van der Waals surface area contributed by atoms with Crippen molar-refractivity contribution in [2.45, 2.75) is 24.9 Å². The summed E-state index contributed by atoms with van der Waals surface area (Å²) in [7, 11) is 1.26. The van der Waals surface area contributed by atoms with E-state index in [-0.39, 0.29) is 18.6 Å². The molecular weight excluding hydrogens is 258 g/mol. The Kier molecular flexibility index (Phi) is 4.57. The van der Waals surface area contributed by atoms with Gasteiger partial charge in [-0.25, -0.2) is 4.79 Å². The molecule has 4 N–H and O–H groups in total. The van der Waals surface area contributed by atoms with Crippen molar-refractivity contribution < 1.29 is 14.3 Å². The molecule has 0 radical (unpaired) electrons. The van der Waals surface area contributed by atoms with Gasteiger partial charge in [-0.15, -0.1) is 0 Å². The Morgan fingerprint density at radius 1 is 1.45 bits per heavy atom. The van der Waals surface area contributed by atoms with Gasteiger partial charge in [-0.3, -0.25) is 4.79 Å². The van der Waals surface area contributed by atoms with Gasteiger partial charge >= 0.3 is 12.0 Å². The molecule has 6 heteroatoms. The molecule has 2 rings (SSSR count). The molecule has 1 aromatic carbocycles. The fraction of sp³-hybridized carbons (Fsp3) is 0.429. The van der Waals surface area contributed by atoms with Gasteiger partial charge in [0.1, 0.15) is 6.04 Å². The van der Waals surface area contributed by atoms with Crippen molar-refractivity contribution in [1.29, 1.82) is 0 Å². The van der Waals surface area contributed by atoms with E-state index in [9.17, 15) is 9.59 Å². The third kappa shape index (κ3) is 3.27. The maximum atomic E-state index is 11.8. The molecule has 1 aromatic rings. The summed E-state index contributed by atoms with van der Waals surface area (Å²) < 4.78 is 4.49. The number of benzene rings is 1. The Balaban J connectivity index is 1.83. The second-order valence-electron chi connectivity index (χ2n) is 4.77. The number of carbonyl (C=O) groups excluding carboxylic acids is 2. The summed E-state index contributed by atoms with van der Waals surface area (Å²) >= 11 is 0. The van der Waals surface area contributed by atoms with Crippen molar-refractivity contribution in [2.75, 3.05) is 13.7 Å². The SMILES string of the molecule is COC(=O)[C@@H](N)CNC(=O)NC1CCc2ccccc21. The lowest BCUT2D eigenvalue weighted by Gasteiger charge is -2.16. The molecular formula is C14H19N3O3. The zero-order valence-corrected chi connectivity index (χ0v) is 11.4. The fourth-order valence-electron chi connectivity index (χ4n) is 2.35. The lowest BCUT2D eigenvalue weighted by Crippen LogP contribution is -2.46. The van der Waals surface area contributed by atoms with Crippen LogP contribution in [0.2, 0.25) is 0 Å². The number of ether oxygens (including phenoxy) is 1. The monoisotopic (exact) mass is 277 g/mol. The van der Waals surface area contributed by atoms with Gasteiger partial charge in [-0.1, -0.05) is 24.3 Å². The first-order chi connectivity index (χ1) is 9.61. The first-order valence-corrected chi connectivity index (χ1v) is 6.57. The maximum Gasteiger partial charge on any atom is 0.324 e. The molecule has 0 fully saturated rings. The number of carbonyl (C=O) groups is 2. The summed E-state index contributed by atoms with van der Waals surface area (Å²) in [4.78, 5) is 22.9. The topological polar surface area (TPSA) is 93.4 Å². The maximum absolute atomic E-state index is 11.8. The van der Waals surface area contributed by atoms with Gasteiger partial charge in [0.05, 0.1) is 13.2 Å². The number of hydrogen-bond acceptors (Lipinski definition) is 4. The Morgan fingerprint density at radius 3 is 2.95 bits per heavy atom. The van der Waals surface area contributed by atoms with Gasteiger partial charge < -0.3 is 21.1 Å². The number of rotatable bonds is 4. The minimum Gasteiger partial charge on any atom is -0.468 e. The van der Waals surface area contributed by atoms with E-state index >= 15 is 0 Å². The van der Waals surface area contributed by atoms with Crippen molar-refractivity contribution in [1.82, 2.24) is 10.6 Å². The van der Waals surface area contributed by atoms with Crippen molar-refractivity contribution in [3.05, 3.63) is 35.4 Å². The molecule has 0 spiro atoms. The second-order valence-corrected chi connectivity index (χ2v) is 4.77. The van der Waals surface area contributed by atoms with Crippen LogP contribution in [0.1, 0.15) is 23.6 Å². The highest BCUT2D eigenvalue weighted by atomic mass is 16.5. The molecule has 0 heterocycles. The highest BCUT2D eigenvalue weighted by molar-refractivity contribution is 5.78. The second kappa shape index (κ2) is 6.38. The molecule has 0 bridgehead atoms. The van der Waals surface area contributed by atoms with Crippen LogP contribution in [0.25, 0.3) is 0 Å². The smallest absolute Gasteiger partial charge is 0.324 e. The average Bonchev–Trinajstić information content (AvgIpc) is 2.87. The lowest BCUT2D eigenvalue weighted by atomic mass is 10.1. The number of aryl methyl sites for hydroxylation is 1. The lowest BCUT2D eigenvalue weighted by molar-refractivity contribution is -0.141. The molecule has 2 amide bonds. The fourth-order valence-corrected chi connectivity index (χ4v) is 2.35. The van der Waals surface area contributed by atoms with E-state index in [1.165, 1.54) is 12.7 Å². The number of esters is 1. The number of hydrogen-bond donors (Lipinski definition) is 3. The highest BCUT2D eigenvalue weighted by Gasteiger charge is 2.23. The first-order valence-electron chi connectivity index (χ1n) is 6.57. The van der Waals surface area contributed by atoms with Crippen LogP contribution < -0.4 is 16.4 Å². The Hall–Kier alpha value is -2.08. The Morgan fingerprint density at radius 2 is 2.20 bits per heavy atom. The minimum atomic E-state index is -0.846. The van der Waals surface area contributed by atoms with E-state index in [1.54, 1.807) is 0 Å². The number of fused-ring (bicyclic) bond motifs is 1. The Bertz CT molecular complexity index is 504. The average molecular weight is 277 g/mol. The van der Waals surface area contributed by atoms with E-state index in [0.717, 1.165) is 18.4 Å². The molecule has 1 aliphatic rings. The van der Waals surface area contributed by atoms with Crippen molar-refractivity contribution in [3.8, 4) is 0 Å². The van der Waals surface area contributed by atoms with Gasteiger partial charge in [-0.05, 0) is 24.0 Å². The Labute approximate surface area is 117 Å². The van der Waals surface area contributed by atoms with Crippen LogP contribution in [0.4, 0.5) is 4.79 Å². The van der Waals surface area contributed by atoms with Crippen LogP contribution in [-0.2, 0) is 16.0 Å². The summed E-state index contributed by atoms with van der Waals surface area (Å²) in [5, 5.41) is 5.47. The molecule has 20 heavy (non-hydrogen) atoms. The predicted molar refractivity (Wildman–Crippen MR) is 74.0 cm³/mol. The normalized spacial score (nSPS) is 18.0. The molecule has 0 aliphatic heterocycles. The number of nitrogens with one attached hydrogen (secondary N) is 2. The van der Waals surface area contributed by atoms with Gasteiger partial charge in [0, 0.05) is 6.54 Å². The third-order valence-electron chi connectivity index (χ3n) is 3.42. The summed E-state index contributed by atoms with van der Waals surface area (Å²) in [6.07, 6.45) is 1.85. The molecule has 0 saturated carbocycles. The number of methoxy groups -OCH3 is 1. The molecule has 0 aromatic heterocycles. The van der Waals surface area contributed by atoms with Gasteiger partial charge in [0.15, 0.2) is 0 Å². The van der Waals surface area contributed by atoms with Crippen LogP contribution >= 0.6 is 0 Å². The van der Waals surface area contributed by atoms with E-state index in [4.69, 9.17) is 5.73 Å². The summed E-state index contributed by atoms with van der Waals surface area (Å²) in [6, 6.07) is 6.89. The number of amides is 2. The van der Waals surface area contributed by atoms with E-state index in [1.807, 2.05) is 18.2 Å². The van der Waals surface area contributed by atoms with Crippen molar-refractivity contribution >= 4 is 12.0 Å². The summed E-state index contributed by atoms with van der Waals surface area (Å²) in [6.45, 7) is 0.0485. The third-order valence-corrected chi connectivity index (χ3v) is 3.42. The summed E-state index contributed by atoms with van der Waals surface area (Å²) in [5.74, 6) is -0.545. The largest absolute Gasteiger partial charge is 0.468 e. The van der Waals surface area contributed by atoms with Gasteiger partial charge in [0.25, 0.3) is 0 Å². The van der Waals surface area contributed by atoms with Crippen LogP contribution in [0.15, 0.2) is 24.3 Å². The van der Waals surface area contributed by atoms with Crippen LogP contribution in [0, 0.1) is 0 Å². The van der Waals surface area contributed by atoms with Crippen molar-refractivity contribution in [2.24, 2.45) is 5.73 Å². The molecule has 108 valence electrons. The molecule has 1 unspecified atom stereocenters. The molecule has 2 atom stereocenters. The van der Waals surface area contributed by atoms with E-state index in [0.29, 0.717) is 0 Å². The zero-order chi connectivity index (χ0) is 14.5.